The molecule has 1 aliphatic heterocycles. The number of nitrogens with one attached hydrogen (secondary N) is 2. The third-order valence-corrected chi connectivity index (χ3v) is 3.38. The summed E-state index contributed by atoms with van der Waals surface area (Å²) in [5.41, 5.74) is 1.13. The van der Waals surface area contributed by atoms with E-state index in [4.69, 9.17) is 0 Å². The van der Waals surface area contributed by atoms with E-state index in [1.54, 1.807) is 0 Å². The van der Waals surface area contributed by atoms with E-state index in [9.17, 15) is 19.5 Å². The number of hydrogen-bond donors (Lipinski definition) is 3. The Kier molecular flexibility index (Phi) is 3.06. The van der Waals surface area contributed by atoms with Crippen molar-refractivity contribution in [3.63, 3.8) is 0 Å². The molecule has 0 aromatic carbocycles. The van der Waals surface area contributed by atoms with Crippen LogP contribution < -0.4 is 10.7 Å². The van der Waals surface area contributed by atoms with E-state index < -0.39 is 17.4 Å². The summed E-state index contributed by atoms with van der Waals surface area (Å²) in [6.45, 7) is 1.51. The van der Waals surface area contributed by atoms with Gasteiger partial charge in [0.15, 0.2) is 0 Å². The zero-order valence-electron chi connectivity index (χ0n) is 10.0. The molecule has 1 saturated carbocycles. The molecule has 3 N–H and O–H groups in total. The van der Waals surface area contributed by atoms with Gasteiger partial charge in [0.2, 0.25) is 5.91 Å². The molecule has 0 bridgehead atoms. The van der Waals surface area contributed by atoms with E-state index in [0.717, 1.165) is 12.8 Å². The van der Waals surface area contributed by atoms with Crippen molar-refractivity contribution < 1.29 is 19.5 Å². The summed E-state index contributed by atoms with van der Waals surface area (Å²) >= 11 is 0. The van der Waals surface area contributed by atoms with Gasteiger partial charge in [0.25, 0.3) is 5.91 Å². The summed E-state index contributed by atoms with van der Waals surface area (Å²) in [6, 6.07) is 0. The highest BCUT2D eigenvalue weighted by Gasteiger charge is 2.49. The van der Waals surface area contributed by atoms with Crippen LogP contribution >= 0.6 is 0 Å². The third-order valence-electron chi connectivity index (χ3n) is 3.38. The molecule has 2 amide bonds. The quantitative estimate of drug-likeness (QED) is 0.634. The second-order valence-electron chi connectivity index (χ2n) is 4.83. The molecule has 1 fully saturated rings. The number of carbonyl (C=O) groups excluding carboxylic acids is 2. The Morgan fingerprint density at radius 2 is 2.11 bits per heavy atom. The Labute approximate surface area is 104 Å². The molecule has 1 heterocycles. The number of aliphatic carboxylic acids is 1. The van der Waals surface area contributed by atoms with Gasteiger partial charge in [-0.3, -0.25) is 9.59 Å². The van der Waals surface area contributed by atoms with E-state index in [-0.39, 0.29) is 30.4 Å². The fraction of sp³-hybridized carbons (Fsp3) is 0.636. The highest BCUT2D eigenvalue weighted by molar-refractivity contribution is 6.40. The van der Waals surface area contributed by atoms with Crippen LogP contribution in [0.4, 0.5) is 0 Å². The zero-order chi connectivity index (χ0) is 13.3. The number of amides is 2. The van der Waals surface area contributed by atoms with Crippen LogP contribution in [-0.2, 0) is 14.4 Å². The Morgan fingerprint density at radius 1 is 1.44 bits per heavy atom. The van der Waals surface area contributed by atoms with Crippen LogP contribution in [0.5, 0.6) is 0 Å². The van der Waals surface area contributed by atoms with Crippen molar-refractivity contribution in [2.45, 2.75) is 38.1 Å². The fourth-order valence-corrected chi connectivity index (χ4v) is 1.94. The first-order valence-electron chi connectivity index (χ1n) is 5.85. The normalized spacial score (nSPS) is 22.5. The fourth-order valence-electron chi connectivity index (χ4n) is 1.94. The molecule has 1 unspecified atom stereocenters. The Hall–Kier alpha value is -1.92. The van der Waals surface area contributed by atoms with Crippen LogP contribution in [0.1, 0.15) is 32.6 Å². The largest absolute Gasteiger partial charge is 0.480 e. The number of hydrogen-bond acceptors (Lipinski definition) is 4. The first-order valence-corrected chi connectivity index (χ1v) is 5.85. The van der Waals surface area contributed by atoms with Crippen molar-refractivity contribution in [1.29, 1.82) is 0 Å². The lowest BCUT2D eigenvalue weighted by Crippen LogP contribution is -2.56. The molecule has 7 nitrogen and oxygen atoms in total. The van der Waals surface area contributed by atoms with E-state index in [2.05, 4.69) is 15.8 Å². The lowest BCUT2D eigenvalue weighted by molar-refractivity contribution is -0.147. The molecule has 0 radical (unpaired) electrons. The lowest BCUT2D eigenvalue weighted by atomic mass is 9.95. The first kappa shape index (κ1) is 12.5. The summed E-state index contributed by atoms with van der Waals surface area (Å²) in [5, 5.41) is 15.4. The topological polar surface area (TPSA) is 108 Å². The van der Waals surface area contributed by atoms with Crippen LogP contribution in [-0.4, -0.2) is 34.1 Å². The second kappa shape index (κ2) is 4.40. The second-order valence-corrected chi connectivity index (χ2v) is 4.83. The lowest BCUT2D eigenvalue weighted by Gasteiger charge is -2.26. The minimum atomic E-state index is -1.25. The van der Waals surface area contributed by atoms with Crippen LogP contribution in [0, 0.1) is 5.92 Å². The van der Waals surface area contributed by atoms with Gasteiger partial charge in [-0.25, -0.2) is 10.2 Å². The van der Waals surface area contributed by atoms with Gasteiger partial charge in [0, 0.05) is 12.8 Å². The maximum atomic E-state index is 11.9. The number of hydrazone groups is 1. The number of carbonyl (C=O) groups is 3. The average molecular weight is 253 g/mol. The molecular weight excluding hydrogens is 238 g/mol. The minimum Gasteiger partial charge on any atom is -0.480 e. The summed E-state index contributed by atoms with van der Waals surface area (Å²) in [7, 11) is 0. The van der Waals surface area contributed by atoms with Crippen molar-refractivity contribution in [2.24, 2.45) is 11.0 Å². The SMILES string of the molecule is CC(NC(=O)C1=NNC(=O)CC1)(C(=O)O)C1CC1. The Bertz CT molecular complexity index is 442. The van der Waals surface area contributed by atoms with Crippen molar-refractivity contribution in [3.05, 3.63) is 0 Å². The van der Waals surface area contributed by atoms with Crippen LogP contribution in [0.2, 0.25) is 0 Å². The number of nitrogens with zero attached hydrogens (tertiary/aromatic N) is 1. The first-order chi connectivity index (χ1) is 8.43. The summed E-state index contributed by atoms with van der Waals surface area (Å²) < 4.78 is 0. The van der Waals surface area contributed by atoms with Gasteiger partial charge in [-0.05, 0) is 25.7 Å². The van der Waals surface area contributed by atoms with Gasteiger partial charge in [-0.2, -0.15) is 5.10 Å². The molecule has 0 aromatic heterocycles. The molecule has 0 spiro atoms. The van der Waals surface area contributed by atoms with Crippen molar-refractivity contribution in [3.8, 4) is 0 Å². The van der Waals surface area contributed by atoms with Gasteiger partial charge in [-0.1, -0.05) is 0 Å². The van der Waals surface area contributed by atoms with E-state index >= 15 is 0 Å². The minimum absolute atomic E-state index is 0.0299. The number of carboxylic acid groups (broad SMARTS) is 1. The highest BCUT2D eigenvalue weighted by Crippen LogP contribution is 2.39. The maximum Gasteiger partial charge on any atom is 0.329 e. The van der Waals surface area contributed by atoms with Gasteiger partial charge < -0.3 is 10.4 Å². The molecular formula is C11H15N3O4. The average Bonchev–Trinajstić information content (AvgIpc) is 3.13. The molecule has 98 valence electrons. The van der Waals surface area contributed by atoms with E-state index in [1.165, 1.54) is 6.92 Å². The predicted octanol–water partition coefficient (Wildman–Crippen LogP) is -0.378. The van der Waals surface area contributed by atoms with E-state index in [1.807, 2.05) is 0 Å². The zero-order valence-corrected chi connectivity index (χ0v) is 10.0. The molecule has 1 atom stereocenters. The third kappa shape index (κ3) is 2.34. The van der Waals surface area contributed by atoms with Gasteiger partial charge in [0.1, 0.15) is 11.3 Å². The standard InChI is InChI=1S/C11H15N3O4/c1-11(10(17)18,6-2-3-6)12-9(16)7-4-5-8(15)14-13-7/h6H,2-5H2,1H3,(H,12,16)(H,14,15)(H,17,18). The van der Waals surface area contributed by atoms with Gasteiger partial charge >= 0.3 is 5.97 Å². The number of carboxylic acids is 1. The summed E-state index contributed by atoms with van der Waals surface area (Å²) in [5.74, 6) is -1.84. The van der Waals surface area contributed by atoms with Crippen LogP contribution in [0.15, 0.2) is 5.10 Å². The monoisotopic (exact) mass is 253 g/mol. The van der Waals surface area contributed by atoms with Gasteiger partial charge in [-0.15, -0.1) is 0 Å². The smallest absolute Gasteiger partial charge is 0.329 e. The summed E-state index contributed by atoms with van der Waals surface area (Å²) in [6.07, 6.45) is 2.02. The van der Waals surface area contributed by atoms with Crippen LogP contribution in [0.3, 0.4) is 0 Å². The van der Waals surface area contributed by atoms with Gasteiger partial charge in [0.05, 0.1) is 0 Å². The molecule has 1 aliphatic carbocycles. The molecule has 18 heavy (non-hydrogen) atoms. The molecule has 7 heteroatoms. The molecule has 2 rings (SSSR count). The molecule has 2 aliphatic rings. The van der Waals surface area contributed by atoms with Crippen molar-refractivity contribution in [1.82, 2.24) is 10.7 Å². The Morgan fingerprint density at radius 3 is 2.56 bits per heavy atom. The number of rotatable bonds is 4. The highest BCUT2D eigenvalue weighted by atomic mass is 16.4. The van der Waals surface area contributed by atoms with Crippen LogP contribution in [0.25, 0.3) is 0 Å². The van der Waals surface area contributed by atoms with E-state index in [0.29, 0.717) is 0 Å². The Balaban J connectivity index is 2.06. The predicted molar refractivity (Wildman–Crippen MR) is 61.7 cm³/mol. The maximum absolute atomic E-state index is 11.9. The summed E-state index contributed by atoms with van der Waals surface area (Å²) in [4.78, 5) is 34.0. The van der Waals surface area contributed by atoms with Crippen molar-refractivity contribution >= 4 is 23.5 Å². The molecule has 0 saturated heterocycles. The van der Waals surface area contributed by atoms with Crippen molar-refractivity contribution in [2.75, 3.05) is 0 Å². The molecule has 0 aromatic rings.